The molecule has 2 heterocycles. The van der Waals surface area contributed by atoms with Gasteiger partial charge in [0.15, 0.2) is 0 Å². The van der Waals surface area contributed by atoms with Crippen LogP contribution in [0.1, 0.15) is 40.7 Å². The van der Waals surface area contributed by atoms with E-state index in [4.69, 9.17) is 4.42 Å². The molecule has 0 saturated carbocycles. The van der Waals surface area contributed by atoms with Crippen LogP contribution in [0.4, 0.5) is 0 Å². The van der Waals surface area contributed by atoms with Crippen LogP contribution in [0, 0.1) is 13.8 Å². The zero-order valence-corrected chi connectivity index (χ0v) is 12.2. The molecule has 5 heteroatoms. The van der Waals surface area contributed by atoms with E-state index in [1.807, 2.05) is 38.1 Å². The van der Waals surface area contributed by atoms with Crippen molar-refractivity contribution in [2.45, 2.75) is 26.8 Å². The lowest BCUT2D eigenvalue weighted by Gasteiger charge is -2.10. The number of hydrogen-bond donors (Lipinski definition) is 2. The van der Waals surface area contributed by atoms with Gasteiger partial charge < -0.3 is 14.7 Å². The van der Waals surface area contributed by atoms with Crippen molar-refractivity contribution in [3.05, 3.63) is 53.2 Å². The number of aromatic amines is 1. The van der Waals surface area contributed by atoms with Gasteiger partial charge in [-0.15, -0.1) is 0 Å². The molecule has 0 saturated heterocycles. The van der Waals surface area contributed by atoms with Crippen LogP contribution in [-0.4, -0.2) is 15.9 Å². The van der Waals surface area contributed by atoms with Crippen molar-refractivity contribution in [1.29, 1.82) is 0 Å². The summed E-state index contributed by atoms with van der Waals surface area (Å²) in [4.78, 5) is 20.0. The van der Waals surface area contributed by atoms with E-state index in [9.17, 15) is 4.79 Å². The van der Waals surface area contributed by atoms with Gasteiger partial charge in [-0.3, -0.25) is 4.79 Å². The normalized spacial score (nSPS) is 12.5. The van der Waals surface area contributed by atoms with E-state index in [1.54, 1.807) is 13.0 Å². The number of benzene rings is 1. The number of aromatic nitrogens is 2. The molecular weight excluding hydrogens is 266 g/mol. The molecule has 1 aromatic carbocycles. The number of carbonyl (C=O) groups excluding carboxylic acids is 1. The molecule has 0 aliphatic rings. The largest absolute Gasteiger partial charge is 0.466 e. The Balaban J connectivity index is 1.81. The highest BCUT2D eigenvalue weighted by molar-refractivity contribution is 5.95. The fourth-order valence-corrected chi connectivity index (χ4v) is 2.38. The molecule has 0 aliphatic carbocycles. The predicted molar refractivity (Wildman–Crippen MR) is 80.2 cm³/mol. The zero-order chi connectivity index (χ0) is 15.0. The number of para-hydroxylation sites is 2. The lowest BCUT2D eigenvalue weighted by molar-refractivity contribution is 0.0937. The maximum atomic E-state index is 12.3. The van der Waals surface area contributed by atoms with Crippen LogP contribution < -0.4 is 5.32 Å². The number of carbonyl (C=O) groups is 1. The Kier molecular flexibility index (Phi) is 3.25. The van der Waals surface area contributed by atoms with Crippen molar-refractivity contribution in [1.82, 2.24) is 15.3 Å². The van der Waals surface area contributed by atoms with Crippen LogP contribution in [0.3, 0.4) is 0 Å². The molecule has 0 unspecified atom stereocenters. The summed E-state index contributed by atoms with van der Waals surface area (Å²) >= 11 is 0. The summed E-state index contributed by atoms with van der Waals surface area (Å²) < 4.78 is 5.39. The molecule has 0 spiro atoms. The zero-order valence-electron chi connectivity index (χ0n) is 12.2. The fourth-order valence-electron chi connectivity index (χ4n) is 2.38. The van der Waals surface area contributed by atoms with Gasteiger partial charge in [0.25, 0.3) is 5.91 Å². The van der Waals surface area contributed by atoms with E-state index < -0.39 is 0 Å². The molecule has 1 amide bonds. The SMILES string of the molecule is Cc1cc(C(=O)N[C@H](C)c2nc3ccccc3[nH]2)c(C)o1. The number of nitrogens with one attached hydrogen (secondary N) is 2. The first-order valence-electron chi connectivity index (χ1n) is 6.87. The second-order valence-corrected chi connectivity index (χ2v) is 5.16. The average molecular weight is 283 g/mol. The van der Waals surface area contributed by atoms with Gasteiger partial charge >= 0.3 is 0 Å². The molecular formula is C16H17N3O2. The van der Waals surface area contributed by atoms with Gasteiger partial charge in [0, 0.05) is 0 Å². The van der Waals surface area contributed by atoms with E-state index >= 15 is 0 Å². The molecule has 108 valence electrons. The van der Waals surface area contributed by atoms with Gasteiger partial charge in [-0.25, -0.2) is 4.98 Å². The topological polar surface area (TPSA) is 70.9 Å². The van der Waals surface area contributed by atoms with Crippen LogP contribution in [0.2, 0.25) is 0 Å². The number of fused-ring (bicyclic) bond motifs is 1. The fraction of sp³-hybridized carbons (Fsp3) is 0.250. The standard InChI is InChI=1S/C16H17N3O2/c1-9-8-12(11(3)21-9)16(20)17-10(2)15-18-13-6-4-5-7-14(13)19-15/h4-8,10H,1-3H3,(H,17,20)(H,18,19)/t10-/m1/s1. The molecule has 21 heavy (non-hydrogen) atoms. The molecule has 2 N–H and O–H groups in total. The first-order valence-corrected chi connectivity index (χ1v) is 6.87. The molecule has 2 aromatic heterocycles. The third-order valence-electron chi connectivity index (χ3n) is 3.45. The van der Waals surface area contributed by atoms with Crippen LogP contribution >= 0.6 is 0 Å². The number of furan rings is 1. The van der Waals surface area contributed by atoms with Gasteiger partial charge in [0.1, 0.15) is 17.3 Å². The minimum atomic E-state index is -0.209. The van der Waals surface area contributed by atoms with E-state index in [2.05, 4.69) is 15.3 Å². The minimum Gasteiger partial charge on any atom is -0.466 e. The van der Waals surface area contributed by atoms with Crippen LogP contribution in [-0.2, 0) is 0 Å². The Hall–Kier alpha value is -2.56. The Bertz CT molecular complexity index is 768. The van der Waals surface area contributed by atoms with Gasteiger partial charge in [0.2, 0.25) is 0 Å². The lowest BCUT2D eigenvalue weighted by Crippen LogP contribution is -2.27. The second kappa shape index (κ2) is 5.09. The van der Waals surface area contributed by atoms with E-state index in [0.717, 1.165) is 22.6 Å². The Morgan fingerprint density at radius 1 is 1.33 bits per heavy atom. The van der Waals surface area contributed by atoms with Crippen molar-refractivity contribution >= 4 is 16.9 Å². The van der Waals surface area contributed by atoms with Crippen molar-refractivity contribution in [3.63, 3.8) is 0 Å². The smallest absolute Gasteiger partial charge is 0.255 e. The highest BCUT2D eigenvalue weighted by atomic mass is 16.3. The third kappa shape index (κ3) is 2.54. The quantitative estimate of drug-likeness (QED) is 0.775. The number of rotatable bonds is 3. The van der Waals surface area contributed by atoms with Crippen molar-refractivity contribution in [2.24, 2.45) is 0 Å². The van der Waals surface area contributed by atoms with E-state index in [0.29, 0.717) is 11.3 Å². The van der Waals surface area contributed by atoms with Gasteiger partial charge in [-0.2, -0.15) is 0 Å². The number of imidazole rings is 1. The summed E-state index contributed by atoms with van der Waals surface area (Å²) in [7, 11) is 0. The van der Waals surface area contributed by atoms with E-state index in [1.165, 1.54) is 0 Å². The number of H-pyrrole nitrogens is 1. The maximum Gasteiger partial charge on any atom is 0.255 e. The highest BCUT2D eigenvalue weighted by Gasteiger charge is 2.18. The predicted octanol–water partition coefficient (Wildman–Crippen LogP) is 3.26. The lowest BCUT2D eigenvalue weighted by atomic mass is 10.2. The first kappa shape index (κ1) is 13.4. The molecule has 0 aliphatic heterocycles. The van der Waals surface area contributed by atoms with Crippen LogP contribution in [0.5, 0.6) is 0 Å². The number of nitrogens with zero attached hydrogens (tertiary/aromatic N) is 1. The van der Waals surface area contributed by atoms with E-state index in [-0.39, 0.29) is 11.9 Å². The molecule has 1 atom stereocenters. The summed E-state index contributed by atoms with van der Waals surface area (Å²) in [6.07, 6.45) is 0. The summed E-state index contributed by atoms with van der Waals surface area (Å²) in [5.74, 6) is 1.94. The van der Waals surface area contributed by atoms with Crippen LogP contribution in [0.25, 0.3) is 11.0 Å². The third-order valence-corrected chi connectivity index (χ3v) is 3.45. The molecule has 3 rings (SSSR count). The van der Waals surface area contributed by atoms with Crippen molar-refractivity contribution < 1.29 is 9.21 Å². The summed E-state index contributed by atoms with van der Waals surface area (Å²) in [5.41, 5.74) is 2.42. The van der Waals surface area contributed by atoms with Gasteiger partial charge in [-0.1, -0.05) is 12.1 Å². The Labute approximate surface area is 122 Å². The first-order chi connectivity index (χ1) is 10.0. The molecule has 5 nitrogen and oxygen atoms in total. The molecule has 0 fully saturated rings. The maximum absolute atomic E-state index is 12.3. The summed E-state index contributed by atoms with van der Waals surface area (Å²) in [5, 5.41) is 2.93. The molecule has 0 radical (unpaired) electrons. The molecule has 3 aromatic rings. The van der Waals surface area contributed by atoms with Crippen molar-refractivity contribution in [3.8, 4) is 0 Å². The minimum absolute atomic E-state index is 0.155. The second-order valence-electron chi connectivity index (χ2n) is 5.16. The monoisotopic (exact) mass is 283 g/mol. The van der Waals surface area contributed by atoms with Gasteiger partial charge in [0.05, 0.1) is 22.6 Å². The molecule has 0 bridgehead atoms. The van der Waals surface area contributed by atoms with Crippen molar-refractivity contribution in [2.75, 3.05) is 0 Å². The summed E-state index contributed by atoms with van der Waals surface area (Å²) in [6, 6.07) is 9.33. The number of amides is 1. The Morgan fingerprint density at radius 2 is 2.10 bits per heavy atom. The Morgan fingerprint density at radius 3 is 2.76 bits per heavy atom. The van der Waals surface area contributed by atoms with Crippen LogP contribution in [0.15, 0.2) is 34.7 Å². The van der Waals surface area contributed by atoms with Gasteiger partial charge in [-0.05, 0) is 39.0 Å². The number of aryl methyl sites for hydroxylation is 2. The average Bonchev–Trinajstić information content (AvgIpc) is 3.01. The summed E-state index contributed by atoms with van der Waals surface area (Å²) in [6.45, 7) is 5.51. The highest BCUT2D eigenvalue weighted by Crippen LogP contribution is 2.18. The number of hydrogen-bond acceptors (Lipinski definition) is 3.